The molecule has 0 saturated carbocycles. The van der Waals surface area contributed by atoms with Crippen LogP contribution < -0.4 is 5.69 Å². The lowest BCUT2D eigenvalue weighted by molar-refractivity contribution is -0.137. The highest BCUT2D eigenvalue weighted by molar-refractivity contribution is 6.35. The average molecular weight is 291 g/mol. The number of H-pyrrole nitrogens is 1. The fraction of sp³-hybridized carbons (Fsp3) is 0.333. The van der Waals surface area contributed by atoms with Crippen molar-refractivity contribution in [3.8, 4) is 0 Å². The SMILES string of the molecule is CC(C)c1[nH]c(=O)nc2c(Cl)cc(C(F)(F)F)cc12. The van der Waals surface area contributed by atoms with Gasteiger partial charge in [0.1, 0.15) is 0 Å². The van der Waals surface area contributed by atoms with Crippen LogP contribution in [0.1, 0.15) is 31.0 Å². The van der Waals surface area contributed by atoms with Crippen LogP contribution in [0.2, 0.25) is 5.02 Å². The van der Waals surface area contributed by atoms with Crippen molar-refractivity contribution in [2.75, 3.05) is 0 Å². The monoisotopic (exact) mass is 290 g/mol. The molecule has 0 aliphatic rings. The van der Waals surface area contributed by atoms with Crippen LogP contribution in [0.5, 0.6) is 0 Å². The Kier molecular flexibility index (Phi) is 3.30. The standard InChI is InChI=1S/C12H10ClF3N2O/c1-5(2)9-7-3-6(12(14,15)16)4-8(13)10(7)18-11(19)17-9/h3-5H,1-2H3,(H,17,18,19). The second kappa shape index (κ2) is 4.52. The zero-order valence-corrected chi connectivity index (χ0v) is 10.9. The number of aromatic amines is 1. The maximum absolute atomic E-state index is 12.8. The maximum atomic E-state index is 12.8. The highest BCUT2D eigenvalue weighted by atomic mass is 35.5. The van der Waals surface area contributed by atoms with Crippen molar-refractivity contribution in [1.82, 2.24) is 9.97 Å². The quantitative estimate of drug-likeness (QED) is 0.870. The first kappa shape index (κ1) is 13.9. The Morgan fingerprint density at radius 3 is 2.47 bits per heavy atom. The van der Waals surface area contributed by atoms with Crippen LogP contribution >= 0.6 is 11.6 Å². The summed E-state index contributed by atoms with van der Waals surface area (Å²) in [4.78, 5) is 17.5. The van der Waals surface area contributed by atoms with Crippen LogP contribution in [-0.4, -0.2) is 9.97 Å². The molecule has 1 aromatic carbocycles. The van der Waals surface area contributed by atoms with E-state index in [1.807, 2.05) is 0 Å². The van der Waals surface area contributed by atoms with Crippen molar-refractivity contribution in [3.05, 3.63) is 38.9 Å². The highest BCUT2D eigenvalue weighted by Gasteiger charge is 2.32. The molecular weight excluding hydrogens is 281 g/mol. The normalized spacial score (nSPS) is 12.4. The molecule has 2 aromatic rings. The number of fused-ring (bicyclic) bond motifs is 1. The predicted octanol–water partition coefficient (Wildman–Crippen LogP) is 3.72. The summed E-state index contributed by atoms with van der Waals surface area (Å²) in [6, 6.07) is 1.74. The number of alkyl halides is 3. The van der Waals surface area contributed by atoms with Gasteiger partial charge in [-0.05, 0) is 18.1 Å². The third kappa shape index (κ3) is 2.58. The zero-order chi connectivity index (χ0) is 14.4. The lowest BCUT2D eigenvalue weighted by Gasteiger charge is -2.13. The van der Waals surface area contributed by atoms with Crippen LogP contribution in [-0.2, 0) is 6.18 Å². The molecule has 7 heteroatoms. The molecule has 0 spiro atoms. The summed E-state index contributed by atoms with van der Waals surface area (Å²) in [5.41, 5.74) is -1.01. The van der Waals surface area contributed by atoms with E-state index in [1.54, 1.807) is 13.8 Å². The second-order valence-corrected chi connectivity index (χ2v) is 4.87. The van der Waals surface area contributed by atoms with Gasteiger partial charge in [0.2, 0.25) is 0 Å². The summed E-state index contributed by atoms with van der Waals surface area (Å²) in [5, 5.41) is 0.0345. The lowest BCUT2D eigenvalue weighted by Crippen LogP contribution is -2.15. The first-order valence-electron chi connectivity index (χ1n) is 5.51. The van der Waals surface area contributed by atoms with Crippen molar-refractivity contribution in [2.24, 2.45) is 0 Å². The molecule has 0 bridgehead atoms. The van der Waals surface area contributed by atoms with Gasteiger partial charge in [-0.3, -0.25) is 0 Å². The number of aromatic nitrogens is 2. The molecular formula is C12H10ClF3N2O. The predicted molar refractivity (Wildman–Crippen MR) is 66.5 cm³/mol. The Morgan fingerprint density at radius 2 is 1.95 bits per heavy atom. The molecule has 0 aliphatic carbocycles. The molecule has 0 unspecified atom stereocenters. The Morgan fingerprint density at radius 1 is 1.32 bits per heavy atom. The molecule has 0 radical (unpaired) electrons. The molecule has 1 N–H and O–H groups in total. The van der Waals surface area contributed by atoms with Gasteiger partial charge in [-0.2, -0.15) is 18.2 Å². The van der Waals surface area contributed by atoms with Gasteiger partial charge in [0.15, 0.2) is 0 Å². The minimum atomic E-state index is -4.50. The minimum absolute atomic E-state index is 0.0853. The van der Waals surface area contributed by atoms with Crippen LogP contribution in [0.15, 0.2) is 16.9 Å². The van der Waals surface area contributed by atoms with Crippen molar-refractivity contribution < 1.29 is 13.2 Å². The van der Waals surface area contributed by atoms with Crippen molar-refractivity contribution in [3.63, 3.8) is 0 Å². The third-order valence-electron chi connectivity index (χ3n) is 2.71. The number of hydrogen-bond donors (Lipinski definition) is 1. The van der Waals surface area contributed by atoms with Crippen LogP contribution in [0, 0.1) is 0 Å². The molecule has 0 atom stereocenters. The largest absolute Gasteiger partial charge is 0.416 e. The van der Waals surface area contributed by atoms with E-state index < -0.39 is 17.4 Å². The molecule has 19 heavy (non-hydrogen) atoms. The Balaban J connectivity index is 2.89. The summed E-state index contributed by atoms with van der Waals surface area (Å²) in [6.45, 7) is 3.53. The highest BCUT2D eigenvalue weighted by Crippen LogP contribution is 2.35. The van der Waals surface area contributed by atoms with E-state index in [4.69, 9.17) is 11.6 Å². The van der Waals surface area contributed by atoms with E-state index in [0.29, 0.717) is 5.69 Å². The van der Waals surface area contributed by atoms with E-state index in [9.17, 15) is 18.0 Å². The molecule has 0 saturated heterocycles. The van der Waals surface area contributed by atoms with Gasteiger partial charge in [0, 0.05) is 11.1 Å². The van der Waals surface area contributed by atoms with E-state index >= 15 is 0 Å². The Labute approximate surface area is 111 Å². The van der Waals surface area contributed by atoms with E-state index in [0.717, 1.165) is 12.1 Å². The summed E-state index contributed by atoms with van der Waals surface area (Å²) in [7, 11) is 0. The number of halogens is 4. The number of benzene rings is 1. The van der Waals surface area contributed by atoms with Crippen LogP contribution in [0.4, 0.5) is 13.2 Å². The van der Waals surface area contributed by atoms with Gasteiger partial charge in [-0.25, -0.2) is 4.79 Å². The molecule has 0 amide bonds. The minimum Gasteiger partial charge on any atom is -0.309 e. The second-order valence-electron chi connectivity index (χ2n) is 4.46. The van der Waals surface area contributed by atoms with E-state index in [1.165, 1.54) is 0 Å². The average Bonchev–Trinajstić information content (AvgIpc) is 2.27. The van der Waals surface area contributed by atoms with Gasteiger partial charge in [-0.15, -0.1) is 0 Å². The molecule has 102 valence electrons. The van der Waals surface area contributed by atoms with E-state index in [-0.39, 0.29) is 21.8 Å². The Hall–Kier alpha value is -1.56. The van der Waals surface area contributed by atoms with Crippen molar-refractivity contribution in [2.45, 2.75) is 25.9 Å². The zero-order valence-electron chi connectivity index (χ0n) is 10.1. The summed E-state index contributed by atoms with van der Waals surface area (Å²) < 4.78 is 38.3. The van der Waals surface area contributed by atoms with Crippen LogP contribution in [0.25, 0.3) is 10.9 Å². The van der Waals surface area contributed by atoms with Crippen molar-refractivity contribution in [1.29, 1.82) is 0 Å². The molecule has 1 heterocycles. The smallest absolute Gasteiger partial charge is 0.309 e. The van der Waals surface area contributed by atoms with Gasteiger partial charge < -0.3 is 4.98 Å². The molecule has 0 aliphatic heterocycles. The van der Waals surface area contributed by atoms with Gasteiger partial charge in [-0.1, -0.05) is 25.4 Å². The number of nitrogens with one attached hydrogen (secondary N) is 1. The third-order valence-corrected chi connectivity index (χ3v) is 3.00. The van der Waals surface area contributed by atoms with Crippen LogP contribution in [0.3, 0.4) is 0 Å². The number of rotatable bonds is 1. The first-order chi connectivity index (χ1) is 8.70. The van der Waals surface area contributed by atoms with Gasteiger partial charge in [0.25, 0.3) is 0 Å². The summed E-state index contributed by atoms with van der Waals surface area (Å²) in [5.74, 6) is -0.155. The van der Waals surface area contributed by atoms with E-state index in [2.05, 4.69) is 9.97 Å². The fourth-order valence-electron chi connectivity index (χ4n) is 1.85. The molecule has 2 rings (SSSR count). The Bertz CT molecular complexity index is 692. The first-order valence-corrected chi connectivity index (χ1v) is 5.88. The van der Waals surface area contributed by atoms with Crippen molar-refractivity contribution >= 4 is 22.5 Å². The fourth-order valence-corrected chi connectivity index (χ4v) is 2.11. The lowest BCUT2D eigenvalue weighted by atomic mass is 10.0. The number of hydrogen-bond acceptors (Lipinski definition) is 2. The van der Waals surface area contributed by atoms with Gasteiger partial charge >= 0.3 is 11.9 Å². The van der Waals surface area contributed by atoms with Gasteiger partial charge in [0.05, 0.1) is 16.1 Å². The molecule has 1 aromatic heterocycles. The summed E-state index contributed by atoms with van der Waals surface area (Å²) >= 11 is 5.80. The summed E-state index contributed by atoms with van der Waals surface area (Å²) in [6.07, 6.45) is -4.50. The molecule has 3 nitrogen and oxygen atoms in total. The topological polar surface area (TPSA) is 45.8 Å². The molecule has 0 fully saturated rings. The maximum Gasteiger partial charge on any atom is 0.416 e. The number of nitrogens with zero attached hydrogens (tertiary/aromatic N) is 1.